The third-order valence-corrected chi connectivity index (χ3v) is 10.7. The van der Waals surface area contributed by atoms with E-state index in [1.54, 1.807) is 9.47 Å². The van der Waals surface area contributed by atoms with E-state index in [0.717, 1.165) is 46.8 Å². The molecule has 0 bridgehead atoms. The fourth-order valence-electron chi connectivity index (χ4n) is 7.75. The molecular formula is C43H42N8O4. The van der Waals surface area contributed by atoms with E-state index < -0.39 is 12.1 Å². The molecular weight excluding hydrogens is 693 g/mol. The number of likely N-dealkylation sites (N-methyl/N-ethyl adjacent to an activating group) is 1. The Morgan fingerprint density at radius 1 is 0.873 bits per heavy atom. The van der Waals surface area contributed by atoms with Gasteiger partial charge in [0, 0.05) is 36.6 Å². The second-order valence-electron chi connectivity index (χ2n) is 14.2. The Balaban J connectivity index is 1.25. The van der Waals surface area contributed by atoms with Crippen LogP contribution in [-0.2, 0) is 11.3 Å². The molecule has 8 rings (SSSR count). The molecule has 0 aliphatic carbocycles. The van der Waals surface area contributed by atoms with E-state index in [-0.39, 0.29) is 49.2 Å². The molecule has 55 heavy (non-hydrogen) atoms. The van der Waals surface area contributed by atoms with Crippen LogP contribution in [0.15, 0.2) is 102 Å². The Labute approximate surface area is 319 Å². The predicted octanol–water partition coefficient (Wildman–Crippen LogP) is 6.52. The molecule has 4 heterocycles. The molecule has 0 radical (unpaired) electrons. The molecule has 2 atom stereocenters. The third-order valence-electron chi connectivity index (χ3n) is 10.7. The van der Waals surface area contributed by atoms with Crippen molar-refractivity contribution in [3.8, 4) is 29.2 Å². The van der Waals surface area contributed by atoms with E-state index >= 15 is 4.79 Å². The lowest BCUT2D eigenvalue weighted by molar-refractivity contribution is 0.0768. The standard InChI is InChI=1S/C43H42N8O4/c1-29-12-9-17-31-18-10-20-35(36(29)31)51-39(32-15-7-4-8-16-32)45-37-38(41(51)52)46-42(54-28-34-19-11-23-48(34)2)47-40(37)49-24-25-50(33(26-49)21-22-44)43(53)55-27-30-13-5-3-6-14-30/h3-10,12-18,20,33-34H,11,19,21,23-28H2,1-2H3. The van der Waals surface area contributed by atoms with E-state index in [9.17, 15) is 10.1 Å². The number of fused-ring (bicyclic) bond motifs is 2. The number of hydrogen-bond acceptors (Lipinski definition) is 10. The van der Waals surface area contributed by atoms with Crippen LogP contribution in [0.25, 0.3) is 38.9 Å². The van der Waals surface area contributed by atoms with Crippen LogP contribution in [0.4, 0.5) is 10.6 Å². The van der Waals surface area contributed by atoms with Crippen LogP contribution in [0.3, 0.4) is 0 Å². The average Bonchev–Trinajstić information content (AvgIpc) is 3.63. The molecule has 278 valence electrons. The Bertz CT molecular complexity index is 2440. The first-order valence-electron chi connectivity index (χ1n) is 18.7. The Morgan fingerprint density at radius 3 is 2.38 bits per heavy atom. The maximum atomic E-state index is 15.1. The fraction of sp³-hybridized carbons (Fsp3) is 0.302. The third kappa shape index (κ3) is 7.18. The molecule has 2 aliphatic rings. The van der Waals surface area contributed by atoms with Gasteiger partial charge in [0.15, 0.2) is 11.3 Å². The van der Waals surface area contributed by atoms with Crippen LogP contribution in [0, 0.1) is 18.3 Å². The first kappa shape index (κ1) is 35.7. The summed E-state index contributed by atoms with van der Waals surface area (Å²) in [5.41, 5.74) is 3.42. The van der Waals surface area contributed by atoms with Crippen LogP contribution in [0.5, 0.6) is 6.01 Å². The van der Waals surface area contributed by atoms with Crippen molar-refractivity contribution in [3.05, 3.63) is 119 Å². The second-order valence-corrected chi connectivity index (χ2v) is 14.2. The number of rotatable bonds is 9. The summed E-state index contributed by atoms with van der Waals surface area (Å²) in [4.78, 5) is 49.3. The Hall–Kier alpha value is -6.32. The van der Waals surface area contributed by atoms with Crippen molar-refractivity contribution in [1.29, 1.82) is 5.26 Å². The quantitative estimate of drug-likeness (QED) is 0.162. The lowest BCUT2D eigenvalue weighted by Crippen LogP contribution is -2.55. The number of anilines is 1. The lowest BCUT2D eigenvalue weighted by Gasteiger charge is -2.40. The molecule has 4 aromatic carbocycles. The predicted molar refractivity (Wildman–Crippen MR) is 211 cm³/mol. The first-order valence-corrected chi connectivity index (χ1v) is 18.7. The molecule has 2 saturated heterocycles. The van der Waals surface area contributed by atoms with Gasteiger partial charge in [0.25, 0.3) is 5.56 Å². The molecule has 1 amide bonds. The summed E-state index contributed by atoms with van der Waals surface area (Å²) in [6.45, 7) is 4.40. The summed E-state index contributed by atoms with van der Waals surface area (Å²) < 4.78 is 13.7. The summed E-state index contributed by atoms with van der Waals surface area (Å²) in [5.74, 6) is 0.854. The monoisotopic (exact) mass is 734 g/mol. The van der Waals surface area contributed by atoms with Crippen molar-refractivity contribution in [3.63, 3.8) is 0 Å². The first-order chi connectivity index (χ1) is 26.9. The van der Waals surface area contributed by atoms with Gasteiger partial charge in [-0.15, -0.1) is 0 Å². The second kappa shape index (κ2) is 15.6. The minimum Gasteiger partial charge on any atom is -0.462 e. The Kier molecular flexibility index (Phi) is 10.1. The molecule has 2 aliphatic heterocycles. The largest absolute Gasteiger partial charge is 0.462 e. The number of ether oxygens (including phenoxy) is 2. The van der Waals surface area contributed by atoms with Gasteiger partial charge in [0.1, 0.15) is 24.6 Å². The van der Waals surface area contributed by atoms with Crippen molar-refractivity contribution in [2.24, 2.45) is 0 Å². The normalized spacial score (nSPS) is 17.4. The number of amides is 1. The van der Waals surface area contributed by atoms with Gasteiger partial charge in [-0.1, -0.05) is 91.0 Å². The molecule has 12 heteroatoms. The van der Waals surface area contributed by atoms with E-state index in [2.05, 4.69) is 18.0 Å². The van der Waals surface area contributed by atoms with Gasteiger partial charge in [0.2, 0.25) is 0 Å². The topological polar surface area (TPSA) is 130 Å². The molecule has 2 unspecified atom stereocenters. The number of likely N-dealkylation sites (tertiary alicyclic amines) is 1. The summed E-state index contributed by atoms with van der Waals surface area (Å²) in [7, 11) is 2.08. The van der Waals surface area contributed by atoms with E-state index in [1.165, 1.54) is 0 Å². The maximum Gasteiger partial charge on any atom is 0.410 e. The van der Waals surface area contributed by atoms with Gasteiger partial charge < -0.3 is 24.2 Å². The van der Waals surface area contributed by atoms with Crippen molar-refractivity contribution >= 4 is 33.7 Å². The number of carbonyl (C=O) groups excluding carboxylic acids is 1. The highest BCUT2D eigenvalue weighted by molar-refractivity contribution is 5.95. The number of aromatic nitrogens is 4. The number of aryl methyl sites for hydroxylation is 1. The van der Waals surface area contributed by atoms with Crippen LogP contribution in [0.1, 0.15) is 30.4 Å². The minimum absolute atomic E-state index is 0.0766. The number of carbonyl (C=O) groups is 1. The van der Waals surface area contributed by atoms with Crippen LogP contribution >= 0.6 is 0 Å². The highest BCUT2D eigenvalue weighted by atomic mass is 16.6. The highest BCUT2D eigenvalue weighted by Gasteiger charge is 2.34. The number of piperazine rings is 1. The number of nitriles is 1. The van der Waals surface area contributed by atoms with Crippen molar-refractivity contribution in [2.45, 2.75) is 44.9 Å². The van der Waals surface area contributed by atoms with Crippen LogP contribution < -0.4 is 15.2 Å². The molecule has 0 spiro atoms. The van der Waals surface area contributed by atoms with E-state index in [1.807, 2.05) is 109 Å². The van der Waals surface area contributed by atoms with Crippen molar-refractivity contribution < 1.29 is 14.3 Å². The molecule has 2 aromatic heterocycles. The zero-order chi connectivity index (χ0) is 37.9. The van der Waals surface area contributed by atoms with E-state index in [4.69, 9.17) is 24.4 Å². The molecule has 2 fully saturated rings. The SMILES string of the molecule is Cc1cccc2cccc(-n3c(-c4ccccc4)nc4c(N5CCN(C(=O)OCc6ccccc6)C(CC#N)C5)nc(OCC5CCCN5C)nc4c3=O)c12. The average molecular weight is 735 g/mol. The summed E-state index contributed by atoms with van der Waals surface area (Å²) in [5, 5.41) is 11.8. The van der Waals surface area contributed by atoms with Gasteiger partial charge in [-0.2, -0.15) is 15.2 Å². The maximum absolute atomic E-state index is 15.1. The summed E-state index contributed by atoms with van der Waals surface area (Å²) in [6.07, 6.45) is 1.66. The minimum atomic E-state index is -0.504. The highest BCUT2D eigenvalue weighted by Crippen LogP contribution is 2.33. The molecule has 0 N–H and O–H groups in total. The Morgan fingerprint density at radius 2 is 1.64 bits per heavy atom. The summed E-state index contributed by atoms with van der Waals surface area (Å²) in [6, 6.07) is 33.1. The molecule has 12 nitrogen and oxygen atoms in total. The molecule has 6 aromatic rings. The van der Waals surface area contributed by atoms with Gasteiger partial charge in [-0.3, -0.25) is 9.36 Å². The lowest BCUT2D eigenvalue weighted by atomic mass is 10.0. The van der Waals surface area contributed by atoms with Crippen LogP contribution in [-0.4, -0.2) is 87.3 Å². The zero-order valence-electron chi connectivity index (χ0n) is 31.0. The van der Waals surface area contributed by atoms with Gasteiger partial charge >= 0.3 is 12.1 Å². The number of nitrogens with zero attached hydrogens (tertiary/aromatic N) is 8. The fourth-order valence-corrected chi connectivity index (χ4v) is 7.75. The van der Waals surface area contributed by atoms with Crippen molar-refractivity contribution in [1.82, 2.24) is 29.3 Å². The summed E-state index contributed by atoms with van der Waals surface area (Å²) >= 11 is 0. The van der Waals surface area contributed by atoms with Crippen LogP contribution in [0.2, 0.25) is 0 Å². The smallest absolute Gasteiger partial charge is 0.410 e. The van der Waals surface area contributed by atoms with Gasteiger partial charge in [-0.05, 0) is 55.9 Å². The molecule has 0 saturated carbocycles. The van der Waals surface area contributed by atoms with Gasteiger partial charge in [0.05, 0.1) is 24.2 Å². The van der Waals surface area contributed by atoms with Crippen molar-refractivity contribution in [2.75, 3.05) is 44.7 Å². The number of hydrogen-bond donors (Lipinski definition) is 0. The number of benzene rings is 4. The van der Waals surface area contributed by atoms with Gasteiger partial charge in [-0.25, -0.2) is 9.78 Å². The van der Waals surface area contributed by atoms with E-state index in [0.29, 0.717) is 36.0 Å². The zero-order valence-corrected chi connectivity index (χ0v) is 31.0.